The van der Waals surface area contributed by atoms with Crippen molar-refractivity contribution in [1.29, 1.82) is 0 Å². The fourth-order valence-electron chi connectivity index (χ4n) is 6.97. The Labute approximate surface area is 292 Å². The van der Waals surface area contributed by atoms with Crippen molar-refractivity contribution >= 4 is 53.4 Å². The van der Waals surface area contributed by atoms with E-state index in [9.17, 15) is 0 Å². The average Bonchev–Trinajstić information content (AvgIpc) is 3.77. The summed E-state index contributed by atoms with van der Waals surface area (Å²) >= 11 is 1.84. The third-order valence-electron chi connectivity index (χ3n) is 9.34. The standard InChI is InChI=1S/C45H27N3OS/c1-3-12-28(13-4-1)33-19-11-22-38-41(33)37-25-24-32(27-39(37)49-38)45-47-43(29-14-5-2-6-15-29)46-44(48-45)31-17-9-16-30(26-31)34-20-10-21-36-35-18-7-8-23-40(35)50-42(34)36/h1-27H. The Balaban J connectivity index is 1.12. The Morgan fingerprint density at radius 2 is 0.980 bits per heavy atom. The Morgan fingerprint density at radius 1 is 0.380 bits per heavy atom. The maximum Gasteiger partial charge on any atom is 0.164 e. The summed E-state index contributed by atoms with van der Waals surface area (Å²) in [6.07, 6.45) is 0. The van der Waals surface area contributed by atoms with E-state index in [1.807, 2.05) is 59.9 Å². The molecule has 0 aliphatic carbocycles. The summed E-state index contributed by atoms with van der Waals surface area (Å²) in [5.41, 5.74) is 9.01. The fourth-order valence-corrected chi connectivity index (χ4v) is 8.21. The van der Waals surface area contributed by atoms with Gasteiger partial charge in [0.05, 0.1) is 0 Å². The van der Waals surface area contributed by atoms with Crippen molar-refractivity contribution in [1.82, 2.24) is 15.0 Å². The van der Waals surface area contributed by atoms with Crippen LogP contribution in [0.25, 0.3) is 98.5 Å². The first-order valence-corrected chi connectivity index (χ1v) is 17.4. The van der Waals surface area contributed by atoms with Gasteiger partial charge in [0.15, 0.2) is 17.5 Å². The molecule has 5 heteroatoms. The van der Waals surface area contributed by atoms with Crippen LogP contribution in [-0.4, -0.2) is 15.0 Å². The minimum absolute atomic E-state index is 0.594. The lowest BCUT2D eigenvalue weighted by molar-refractivity contribution is 0.669. The van der Waals surface area contributed by atoms with E-state index in [0.29, 0.717) is 17.5 Å². The van der Waals surface area contributed by atoms with Gasteiger partial charge in [-0.05, 0) is 52.6 Å². The van der Waals surface area contributed by atoms with Gasteiger partial charge in [0.1, 0.15) is 11.2 Å². The number of rotatable bonds is 5. The molecule has 0 atom stereocenters. The number of benzene rings is 7. The number of furan rings is 1. The Kier molecular flexibility index (Phi) is 6.64. The van der Waals surface area contributed by atoms with E-state index in [1.165, 1.54) is 25.7 Å². The van der Waals surface area contributed by atoms with Crippen molar-refractivity contribution in [2.45, 2.75) is 0 Å². The lowest BCUT2D eigenvalue weighted by Gasteiger charge is -2.10. The molecule has 3 heterocycles. The molecule has 3 aromatic heterocycles. The zero-order valence-corrected chi connectivity index (χ0v) is 27.6. The topological polar surface area (TPSA) is 51.8 Å². The normalized spacial score (nSPS) is 11.6. The van der Waals surface area contributed by atoms with E-state index in [4.69, 9.17) is 19.4 Å². The molecule has 0 spiro atoms. The van der Waals surface area contributed by atoms with Crippen molar-refractivity contribution < 1.29 is 4.42 Å². The highest BCUT2D eigenvalue weighted by molar-refractivity contribution is 7.26. The molecular weight excluding hydrogens is 631 g/mol. The van der Waals surface area contributed by atoms with E-state index < -0.39 is 0 Å². The van der Waals surface area contributed by atoms with Crippen molar-refractivity contribution in [3.8, 4) is 56.4 Å². The SMILES string of the molecule is c1ccc(-c2nc(-c3cccc(-c4cccc5c4sc4ccccc45)c3)nc(-c3ccc4c(c3)oc3cccc(-c5ccccc5)c34)n2)cc1. The Morgan fingerprint density at radius 3 is 1.80 bits per heavy atom. The molecule has 0 bridgehead atoms. The lowest BCUT2D eigenvalue weighted by Crippen LogP contribution is -2.00. The Bertz CT molecular complexity index is 2870. The van der Waals surface area contributed by atoms with Crippen LogP contribution in [0.1, 0.15) is 0 Å². The molecule has 0 N–H and O–H groups in total. The highest BCUT2D eigenvalue weighted by Crippen LogP contribution is 2.41. The van der Waals surface area contributed by atoms with Crippen LogP contribution in [0.2, 0.25) is 0 Å². The molecule has 10 rings (SSSR count). The number of fused-ring (bicyclic) bond motifs is 6. The Hall–Kier alpha value is -6.43. The molecule has 4 nitrogen and oxygen atoms in total. The second kappa shape index (κ2) is 11.6. The van der Waals surface area contributed by atoms with Gasteiger partial charge in [-0.15, -0.1) is 11.3 Å². The van der Waals surface area contributed by atoms with Crippen molar-refractivity contribution in [3.63, 3.8) is 0 Å². The van der Waals surface area contributed by atoms with E-state index in [2.05, 4.69) is 115 Å². The molecule has 234 valence electrons. The van der Waals surface area contributed by atoms with Gasteiger partial charge in [0, 0.05) is 47.6 Å². The average molecular weight is 658 g/mol. The molecular formula is C45H27N3OS. The largest absolute Gasteiger partial charge is 0.456 e. The predicted molar refractivity (Wildman–Crippen MR) is 207 cm³/mol. The van der Waals surface area contributed by atoms with Crippen LogP contribution in [0.5, 0.6) is 0 Å². The van der Waals surface area contributed by atoms with Crippen LogP contribution in [-0.2, 0) is 0 Å². The van der Waals surface area contributed by atoms with Gasteiger partial charge in [0.25, 0.3) is 0 Å². The van der Waals surface area contributed by atoms with Crippen LogP contribution in [0.15, 0.2) is 168 Å². The van der Waals surface area contributed by atoms with Crippen molar-refractivity contribution in [2.24, 2.45) is 0 Å². The summed E-state index contributed by atoms with van der Waals surface area (Å²) in [5.74, 6) is 1.84. The molecule has 10 aromatic rings. The minimum atomic E-state index is 0.594. The summed E-state index contributed by atoms with van der Waals surface area (Å²) in [6.45, 7) is 0. The maximum atomic E-state index is 6.46. The lowest BCUT2D eigenvalue weighted by atomic mass is 9.99. The first-order chi connectivity index (χ1) is 24.8. The maximum absolute atomic E-state index is 6.46. The number of hydrogen-bond donors (Lipinski definition) is 0. The molecule has 0 radical (unpaired) electrons. The first kappa shape index (κ1) is 28.6. The van der Waals surface area contributed by atoms with Gasteiger partial charge in [-0.25, -0.2) is 15.0 Å². The van der Waals surface area contributed by atoms with Gasteiger partial charge in [-0.1, -0.05) is 133 Å². The number of hydrogen-bond acceptors (Lipinski definition) is 5. The monoisotopic (exact) mass is 657 g/mol. The number of nitrogens with zero attached hydrogens (tertiary/aromatic N) is 3. The van der Waals surface area contributed by atoms with Crippen LogP contribution in [0, 0.1) is 0 Å². The zero-order valence-electron chi connectivity index (χ0n) is 26.7. The zero-order chi connectivity index (χ0) is 33.0. The highest BCUT2D eigenvalue weighted by Gasteiger charge is 2.17. The second-order valence-electron chi connectivity index (χ2n) is 12.4. The van der Waals surface area contributed by atoms with Crippen molar-refractivity contribution in [2.75, 3.05) is 0 Å². The molecule has 0 fully saturated rings. The van der Waals surface area contributed by atoms with Crippen LogP contribution in [0.4, 0.5) is 0 Å². The summed E-state index contributed by atoms with van der Waals surface area (Å²) in [7, 11) is 0. The molecule has 0 aliphatic rings. The van der Waals surface area contributed by atoms with Gasteiger partial charge >= 0.3 is 0 Å². The number of aromatic nitrogens is 3. The highest BCUT2D eigenvalue weighted by atomic mass is 32.1. The number of thiophene rings is 1. The molecule has 7 aromatic carbocycles. The third-order valence-corrected chi connectivity index (χ3v) is 10.6. The van der Waals surface area contributed by atoms with E-state index in [1.54, 1.807) is 0 Å². The van der Waals surface area contributed by atoms with E-state index in [0.717, 1.165) is 55.3 Å². The summed E-state index contributed by atoms with van der Waals surface area (Å²) in [6, 6.07) is 56.8. The van der Waals surface area contributed by atoms with Crippen LogP contribution < -0.4 is 0 Å². The smallest absolute Gasteiger partial charge is 0.164 e. The van der Waals surface area contributed by atoms with Crippen LogP contribution >= 0.6 is 11.3 Å². The third kappa shape index (κ3) is 4.79. The minimum Gasteiger partial charge on any atom is -0.456 e. The van der Waals surface area contributed by atoms with Gasteiger partial charge < -0.3 is 4.42 Å². The van der Waals surface area contributed by atoms with Crippen molar-refractivity contribution in [3.05, 3.63) is 164 Å². The predicted octanol–water partition coefficient (Wildman–Crippen LogP) is 12.5. The van der Waals surface area contributed by atoms with Crippen LogP contribution in [0.3, 0.4) is 0 Å². The van der Waals surface area contributed by atoms with Gasteiger partial charge in [-0.3, -0.25) is 0 Å². The summed E-state index contributed by atoms with van der Waals surface area (Å²) < 4.78 is 9.03. The van der Waals surface area contributed by atoms with E-state index in [-0.39, 0.29) is 0 Å². The molecule has 0 unspecified atom stereocenters. The summed E-state index contributed by atoms with van der Waals surface area (Å²) in [5, 5.41) is 4.73. The second-order valence-corrected chi connectivity index (χ2v) is 13.4. The summed E-state index contributed by atoms with van der Waals surface area (Å²) in [4.78, 5) is 15.1. The van der Waals surface area contributed by atoms with Gasteiger partial charge in [-0.2, -0.15) is 0 Å². The molecule has 0 aliphatic heterocycles. The van der Waals surface area contributed by atoms with Gasteiger partial charge in [0.2, 0.25) is 0 Å². The quantitative estimate of drug-likeness (QED) is 0.185. The first-order valence-electron chi connectivity index (χ1n) is 16.6. The molecule has 0 saturated carbocycles. The molecule has 0 amide bonds. The molecule has 0 saturated heterocycles. The molecule has 50 heavy (non-hydrogen) atoms. The van der Waals surface area contributed by atoms with E-state index >= 15 is 0 Å². The fraction of sp³-hybridized carbons (Fsp3) is 0.